The highest BCUT2D eigenvalue weighted by Crippen LogP contribution is 2.26. The van der Waals surface area contributed by atoms with Crippen molar-refractivity contribution in [2.45, 2.75) is 25.9 Å². The Labute approximate surface area is 105 Å². The van der Waals surface area contributed by atoms with Gasteiger partial charge in [-0.2, -0.15) is 0 Å². The molecule has 1 fully saturated rings. The summed E-state index contributed by atoms with van der Waals surface area (Å²) in [5, 5.41) is 1.02. The summed E-state index contributed by atoms with van der Waals surface area (Å²) in [6.45, 7) is 4.38. The van der Waals surface area contributed by atoms with Crippen molar-refractivity contribution in [1.82, 2.24) is 4.90 Å². The van der Waals surface area contributed by atoms with E-state index in [0.717, 1.165) is 24.3 Å². The van der Waals surface area contributed by atoms with E-state index in [-0.39, 0.29) is 5.82 Å². The van der Waals surface area contributed by atoms with Gasteiger partial charge in [-0.05, 0) is 36.6 Å². The van der Waals surface area contributed by atoms with Crippen LogP contribution in [0.25, 0.3) is 0 Å². The van der Waals surface area contributed by atoms with Crippen LogP contribution in [0.4, 0.5) is 4.39 Å². The van der Waals surface area contributed by atoms with Gasteiger partial charge in [-0.3, -0.25) is 4.90 Å². The van der Waals surface area contributed by atoms with Crippen LogP contribution in [0.1, 0.15) is 18.9 Å². The molecular weight excluding hydrogens is 269 g/mol. The summed E-state index contributed by atoms with van der Waals surface area (Å²) in [4.78, 5) is 2.48. The maximum absolute atomic E-state index is 12.8. The number of likely N-dealkylation sites (tertiary alicyclic amines) is 1. The van der Waals surface area contributed by atoms with Crippen LogP contribution in [0.3, 0.4) is 0 Å². The lowest BCUT2D eigenvalue weighted by Crippen LogP contribution is -2.32. The molecule has 1 aromatic carbocycles. The fraction of sp³-hybridized carbons (Fsp3) is 0.538. The normalized spacial score (nSPS) is 26.2. The molecule has 0 amide bonds. The number of benzene rings is 1. The summed E-state index contributed by atoms with van der Waals surface area (Å²) in [6, 6.07) is 7.45. The van der Waals surface area contributed by atoms with Crippen LogP contribution in [0, 0.1) is 11.7 Å². The van der Waals surface area contributed by atoms with Crippen molar-refractivity contribution in [2.24, 2.45) is 5.92 Å². The second-order valence-corrected chi connectivity index (χ2v) is 5.23. The van der Waals surface area contributed by atoms with Crippen molar-refractivity contribution >= 4 is 15.9 Å². The second kappa shape index (κ2) is 5.28. The third-order valence-electron chi connectivity index (χ3n) is 3.45. The molecule has 88 valence electrons. The van der Waals surface area contributed by atoms with Gasteiger partial charge in [0.2, 0.25) is 0 Å². The first-order valence-corrected chi connectivity index (χ1v) is 6.87. The molecule has 0 spiro atoms. The zero-order valence-corrected chi connectivity index (χ0v) is 11.1. The van der Waals surface area contributed by atoms with Crippen LogP contribution in [-0.2, 0) is 6.54 Å². The number of halogens is 2. The van der Waals surface area contributed by atoms with Gasteiger partial charge >= 0.3 is 0 Å². The van der Waals surface area contributed by atoms with Gasteiger partial charge in [-0.25, -0.2) is 4.39 Å². The minimum atomic E-state index is -0.157. The number of rotatable bonds is 3. The number of hydrogen-bond acceptors (Lipinski definition) is 1. The molecular formula is C13H17BrFN. The number of hydrogen-bond donors (Lipinski definition) is 0. The summed E-state index contributed by atoms with van der Waals surface area (Å²) in [5.41, 5.74) is 1.20. The average Bonchev–Trinajstić information content (AvgIpc) is 2.63. The Morgan fingerprint density at radius 2 is 2.06 bits per heavy atom. The standard InChI is InChI=1S/C13H17BrFN/c1-10-6-7-16(13(10)8-14)9-11-2-4-12(15)5-3-11/h2-5,10,13H,6-9H2,1H3. The Balaban J connectivity index is 2.01. The van der Waals surface area contributed by atoms with E-state index in [0.29, 0.717) is 6.04 Å². The average molecular weight is 286 g/mol. The van der Waals surface area contributed by atoms with Gasteiger partial charge in [0.25, 0.3) is 0 Å². The molecule has 3 heteroatoms. The van der Waals surface area contributed by atoms with Crippen LogP contribution >= 0.6 is 15.9 Å². The van der Waals surface area contributed by atoms with Crippen LogP contribution in [0.2, 0.25) is 0 Å². The van der Waals surface area contributed by atoms with E-state index < -0.39 is 0 Å². The van der Waals surface area contributed by atoms with Crippen molar-refractivity contribution in [3.05, 3.63) is 35.6 Å². The highest BCUT2D eigenvalue weighted by Gasteiger charge is 2.29. The van der Waals surface area contributed by atoms with Gasteiger partial charge in [0, 0.05) is 17.9 Å². The molecule has 1 heterocycles. The zero-order valence-electron chi connectivity index (χ0n) is 9.50. The van der Waals surface area contributed by atoms with Crippen LogP contribution in [-0.4, -0.2) is 22.8 Å². The SMILES string of the molecule is CC1CCN(Cc2ccc(F)cc2)C1CBr. The topological polar surface area (TPSA) is 3.24 Å². The molecule has 1 aliphatic rings. The second-order valence-electron chi connectivity index (χ2n) is 4.58. The minimum absolute atomic E-state index is 0.157. The Kier molecular flexibility index (Phi) is 3.98. The zero-order chi connectivity index (χ0) is 11.5. The molecule has 1 saturated heterocycles. The predicted octanol–water partition coefficient (Wildman–Crippen LogP) is 3.43. The molecule has 0 aromatic heterocycles. The molecule has 1 aromatic rings. The van der Waals surface area contributed by atoms with Gasteiger partial charge in [-0.1, -0.05) is 35.0 Å². The Hall–Kier alpha value is -0.410. The summed E-state index contributed by atoms with van der Waals surface area (Å²) >= 11 is 3.58. The summed E-state index contributed by atoms with van der Waals surface area (Å²) in [7, 11) is 0. The molecule has 2 atom stereocenters. The molecule has 0 saturated carbocycles. The molecule has 1 aliphatic heterocycles. The van der Waals surface area contributed by atoms with Gasteiger partial charge in [0.05, 0.1) is 0 Å². The lowest BCUT2D eigenvalue weighted by atomic mass is 10.0. The fourth-order valence-corrected chi connectivity index (χ4v) is 3.41. The van der Waals surface area contributed by atoms with E-state index in [4.69, 9.17) is 0 Å². The quantitative estimate of drug-likeness (QED) is 0.769. The van der Waals surface area contributed by atoms with Gasteiger partial charge < -0.3 is 0 Å². The van der Waals surface area contributed by atoms with E-state index >= 15 is 0 Å². The molecule has 2 rings (SSSR count). The van der Waals surface area contributed by atoms with Crippen molar-refractivity contribution in [3.63, 3.8) is 0 Å². The van der Waals surface area contributed by atoms with Crippen molar-refractivity contribution < 1.29 is 4.39 Å². The van der Waals surface area contributed by atoms with Crippen molar-refractivity contribution in [3.8, 4) is 0 Å². The van der Waals surface area contributed by atoms with E-state index in [2.05, 4.69) is 27.8 Å². The first-order chi connectivity index (χ1) is 7.70. The predicted molar refractivity (Wildman–Crippen MR) is 68.2 cm³/mol. The maximum Gasteiger partial charge on any atom is 0.123 e. The highest BCUT2D eigenvalue weighted by atomic mass is 79.9. The van der Waals surface area contributed by atoms with Crippen LogP contribution < -0.4 is 0 Å². The van der Waals surface area contributed by atoms with Gasteiger partial charge in [0.1, 0.15) is 5.82 Å². The van der Waals surface area contributed by atoms with Gasteiger partial charge in [0.15, 0.2) is 0 Å². The Morgan fingerprint density at radius 1 is 1.38 bits per heavy atom. The lowest BCUT2D eigenvalue weighted by molar-refractivity contribution is 0.244. The maximum atomic E-state index is 12.8. The number of nitrogens with zero attached hydrogens (tertiary/aromatic N) is 1. The Bertz CT molecular complexity index is 338. The van der Waals surface area contributed by atoms with E-state index in [1.54, 1.807) is 0 Å². The summed E-state index contributed by atoms with van der Waals surface area (Å²) < 4.78 is 12.8. The van der Waals surface area contributed by atoms with Crippen molar-refractivity contribution in [1.29, 1.82) is 0 Å². The molecule has 0 N–H and O–H groups in total. The third kappa shape index (κ3) is 2.64. The molecule has 0 aliphatic carbocycles. The van der Waals surface area contributed by atoms with Crippen LogP contribution in [0.15, 0.2) is 24.3 Å². The highest BCUT2D eigenvalue weighted by molar-refractivity contribution is 9.09. The van der Waals surface area contributed by atoms with Gasteiger partial charge in [-0.15, -0.1) is 0 Å². The molecule has 0 radical (unpaired) electrons. The van der Waals surface area contributed by atoms with E-state index in [1.165, 1.54) is 24.1 Å². The Morgan fingerprint density at radius 3 is 2.69 bits per heavy atom. The summed E-state index contributed by atoms with van der Waals surface area (Å²) in [6.07, 6.45) is 1.26. The molecule has 0 bridgehead atoms. The largest absolute Gasteiger partial charge is 0.295 e. The first-order valence-electron chi connectivity index (χ1n) is 5.75. The van der Waals surface area contributed by atoms with E-state index in [1.807, 2.05) is 12.1 Å². The monoisotopic (exact) mass is 285 g/mol. The number of alkyl halides is 1. The first kappa shape index (κ1) is 12.1. The molecule has 1 nitrogen and oxygen atoms in total. The molecule has 2 unspecified atom stereocenters. The van der Waals surface area contributed by atoms with Crippen LogP contribution in [0.5, 0.6) is 0 Å². The third-order valence-corrected chi connectivity index (χ3v) is 4.12. The van der Waals surface area contributed by atoms with Crippen molar-refractivity contribution in [2.75, 3.05) is 11.9 Å². The lowest BCUT2D eigenvalue weighted by Gasteiger charge is -2.25. The smallest absolute Gasteiger partial charge is 0.123 e. The minimum Gasteiger partial charge on any atom is -0.295 e. The molecule has 16 heavy (non-hydrogen) atoms. The van der Waals surface area contributed by atoms with E-state index in [9.17, 15) is 4.39 Å². The summed E-state index contributed by atoms with van der Waals surface area (Å²) in [5.74, 6) is 0.593. The fourth-order valence-electron chi connectivity index (χ4n) is 2.36.